The second-order valence-electron chi connectivity index (χ2n) is 5.80. The second-order valence-corrected chi connectivity index (χ2v) is 7.33. The Morgan fingerprint density at radius 1 is 1.27 bits per heavy atom. The number of aromatic nitrogens is 5. The maximum atomic E-state index is 13.1. The number of hydrogen-bond donors (Lipinski definition) is 0. The van der Waals surface area contributed by atoms with E-state index in [9.17, 15) is 9.18 Å². The molecule has 1 atom stereocenters. The molecule has 0 aliphatic carbocycles. The quantitative estimate of drug-likeness (QED) is 0.640. The van der Waals surface area contributed by atoms with Gasteiger partial charge in [0.25, 0.3) is 5.91 Å². The molecule has 134 valence electrons. The van der Waals surface area contributed by atoms with Gasteiger partial charge in [0, 0.05) is 18.7 Å². The lowest BCUT2D eigenvalue weighted by Gasteiger charge is -2.33. The van der Waals surface area contributed by atoms with Crippen molar-refractivity contribution < 1.29 is 9.18 Å². The summed E-state index contributed by atoms with van der Waals surface area (Å²) in [5.41, 5.74) is 0.458. The molecule has 10 heteroatoms. The lowest BCUT2D eigenvalue weighted by molar-refractivity contribution is 0.0638. The first kappa shape index (κ1) is 17.1. The van der Waals surface area contributed by atoms with Crippen LogP contribution < -0.4 is 0 Å². The molecule has 0 radical (unpaired) electrons. The van der Waals surface area contributed by atoms with Crippen LogP contribution in [0.3, 0.4) is 0 Å². The Kier molecular flexibility index (Phi) is 4.45. The van der Waals surface area contributed by atoms with E-state index < -0.39 is 0 Å². The SMILES string of the molecule is CSc1nsc(-c2nnc3n2CCN(C(=O)c2ccc(F)cc2)C3C)n1. The third-order valence-electron chi connectivity index (χ3n) is 4.32. The Morgan fingerprint density at radius 3 is 2.73 bits per heavy atom. The summed E-state index contributed by atoms with van der Waals surface area (Å²) in [5.74, 6) is 0.884. The molecule has 0 saturated heterocycles. The number of carbonyl (C=O) groups excluding carboxylic acids is 1. The smallest absolute Gasteiger partial charge is 0.254 e. The lowest BCUT2D eigenvalue weighted by atomic mass is 10.1. The Balaban J connectivity index is 1.62. The zero-order valence-electron chi connectivity index (χ0n) is 14.1. The molecular weight excluding hydrogens is 375 g/mol. The maximum Gasteiger partial charge on any atom is 0.254 e. The average Bonchev–Trinajstić information content (AvgIpc) is 3.29. The Morgan fingerprint density at radius 2 is 2.04 bits per heavy atom. The molecule has 0 spiro atoms. The van der Waals surface area contributed by atoms with Crippen molar-refractivity contribution in [3.05, 3.63) is 41.5 Å². The summed E-state index contributed by atoms with van der Waals surface area (Å²) >= 11 is 2.77. The summed E-state index contributed by atoms with van der Waals surface area (Å²) in [4.78, 5) is 18.9. The first-order valence-corrected chi connectivity index (χ1v) is 9.96. The molecular formula is C16H15FN6OS2. The van der Waals surface area contributed by atoms with Crippen LogP contribution in [-0.2, 0) is 6.54 Å². The van der Waals surface area contributed by atoms with Gasteiger partial charge in [-0.2, -0.15) is 4.37 Å². The average molecular weight is 390 g/mol. The summed E-state index contributed by atoms with van der Waals surface area (Å²) in [5, 5.41) is 9.98. The largest absolute Gasteiger partial charge is 0.327 e. The molecule has 3 aromatic rings. The minimum Gasteiger partial charge on any atom is -0.327 e. The number of nitrogens with zero attached hydrogens (tertiary/aromatic N) is 6. The first-order chi connectivity index (χ1) is 12.6. The van der Waals surface area contributed by atoms with Gasteiger partial charge >= 0.3 is 0 Å². The predicted octanol–water partition coefficient (Wildman–Crippen LogP) is 2.87. The lowest BCUT2D eigenvalue weighted by Crippen LogP contribution is -2.41. The minimum absolute atomic E-state index is 0.145. The highest BCUT2D eigenvalue weighted by Gasteiger charge is 2.32. The van der Waals surface area contributed by atoms with E-state index in [2.05, 4.69) is 19.6 Å². The summed E-state index contributed by atoms with van der Waals surface area (Å²) in [7, 11) is 0. The molecule has 1 aliphatic heterocycles. The predicted molar refractivity (Wildman–Crippen MR) is 96.6 cm³/mol. The van der Waals surface area contributed by atoms with E-state index in [-0.39, 0.29) is 17.8 Å². The Hall–Kier alpha value is -2.33. The van der Waals surface area contributed by atoms with Crippen LogP contribution in [0.5, 0.6) is 0 Å². The topological polar surface area (TPSA) is 76.8 Å². The van der Waals surface area contributed by atoms with Gasteiger partial charge in [-0.3, -0.25) is 4.79 Å². The Bertz CT molecular complexity index is 954. The van der Waals surface area contributed by atoms with Crippen LogP contribution in [0, 0.1) is 5.82 Å². The molecule has 1 unspecified atom stereocenters. The van der Waals surface area contributed by atoms with E-state index in [0.29, 0.717) is 35.5 Å². The van der Waals surface area contributed by atoms with Crippen LogP contribution in [0.15, 0.2) is 29.4 Å². The summed E-state index contributed by atoms with van der Waals surface area (Å²) in [6.45, 7) is 3.00. The van der Waals surface area contributed by atoms with Gasteiger partial charge in [-0.15, -0.1) is 10.2 Å². The normalized spacial score (nSPS) is 16.6. The summed E-state index contributed by atoms with van der Waals surface area (Å²) in [6.07, 6.45) is 1.92. The molecule has 1 aromatic carbocycles. The van der Waals surface area contributed by atoms with Crippen LogP contribution in [0.25, 0.3) is 10.8 Å². The summed E-state index contributed by atoms with van der Waals surface area (Å²) < 4.78 is 19.4. The fourth-order valence-electron chi connectivity index (χ4n) is 2.96. The van der Waals surface area contributed by atoms with E-state index in [1.165, 1.54) is 47.6 Å². The van der Waals surface area contributed by atoms with Crippen LogP contribution in [0.1, 0.15) is 29.1 Å². The zero-order chi connectivity index (χ0) is 18.3. The van der Waals surface area contributed by atoms with E-state index in [1.807, 2.05) is 17.7 Å². The molecule has 26 heavy (non-hydrogen) atoms. The number of carbonyl (C=O) groups is 1. The molecule has 1 aliphatic rings. The number of hydrogen-bond acceptors (Lipinski definition) is 7. The minimum atomic E-state index is -0.362. The number of fused-ring (bicyclic) bond motifs is 1. The van der Waals surface area contributed by atoms with Crippen molar-refractivity contribution >= 4 is 29.2 Å². The van der Waals surface area contributed by atoms with Crippen LogP contribution in [0.4, 0.5) is 4.39 Å². The van der Waals surface area contributed by atoms with Crippen molar-refractivity contribution in [3.63, 3.8) is 0 Å². The third-order valence-corrected chi connectivity index (χ3v) is 5.69. The van der Waals surface area contributed by atoms with Crippen LogP contribution >= 0.6 is 23.3 Å². The van der Waals surface area contributed by atoms with E-state index in [0.717, 1.165) is 5.01 Å². The molecule has 4 rings (SSSR count). The molecule has 0 saturated carbocycles. The molecule has 1 amide bonds. The number of halogens is 1. The fourth-order valence-corrected chi connectivity index (χ4v) is 4.18. The maximum absolute atomic E-state index is 13.1. The van der Waals surface area contributed by atoms with Gasteiger partial charge in [-0.25, -0.2) is 9.37 Å². The monoisotopic (exact) mass is 390 g/mol. The van der Waals surface area contributed by atoms with Gasteiger partial charge < -0.3 is 9.47 Å². The fraction of sp³-hybridized carbons (Fsp3) is 0.312. The second kappa shape index (κ2) is 6.76. The molecule has 0 N–H and O–H groups in total. The van der Waals surface area contributed by atoms with E-state index >= 15 is 0 Å². The number of benzene rings is 1. The number of amides is 1. The van der Waals surface area contributed by atoms with Gasteiger partial charge in [0.1, 0.15) is 5.82 Å². The molecule has 2 aromatic heterocycles. The van der Waals surface area contributed by atoms with Crippen LogP contribution in [0.2, 0.25) is 0 Å². The number of rotatable bonds is 3. The van der Waals surface area contributed by atoms with Crippen molar-refractivity contribution in [2.45, 2.75) is 24.7 Å². The van der Waals surface area contributed by atoms with Crippen molar-refractivity contribution in [3.8, 4) is 10.8 Å². The Labute approximate surface area is 157 Å². The van der Waals surface area contributed by atoms with Crippen LogP contribution in [-0.4, -0.2) is 47.7 Å². The van der Waals surface area contributed by atoms with Gasteiger partial charge in [0.05, 0.1) is 6.04 Å². The highest BCUT2D eigenvalue weighted by molar-refractivity contribution is 7.98. The van der Waals surface area contributed by atoms with E-state index in [4.69, 9.17) is 0 Å². The molecule has 0 fully saturated rings. The standard InChI is InChI=1S/C16H15FN6OS2/c1-9-12-19-20-13(14-18-16(25-2)21-26-14)23(12)8-7-22(9)15(24)10-3-5-11(17)6-4-10/h3-6,9H,7-8H2,1-2H3. The van der Waals surface area contributed by atoms with Crippen molar-refractivity contribution in [1.29, 1.82) is 0 Å². The zero-order valence-corrected chi connectivity index (χ0v) is 15.7. The van der Waals surface area contributed by atoms with Gasteiger partial charge in [0.15, 0.2) is 16.7 Å². The highest BCUT2D eigenvalue weighted by atomic mass is 32.2. The summed E-state index contributed by atoms with van der Waals surface area (Å²) in [6, 6.07) is 5.35. The van der Waals surface area contributed by atoms with Gasteiger partial charge in [0.2, 0.25) is 5.16 Å². The molecule has 3 heterocycles. The third kappa shape index (κ3) is 2.88. The molecule has 7 nitrogen and oxygen atoms in total. The van der Waals surface area contributed by atoms with Crippen molar-refractivity contribution in [2.75, 3.05) is 12.8 Å². The number of thioether (sulfide) groups is 1. The van der Waals surface area contributed by atoms with Gasteiger partial charge in [-0.05, 0) is 49.0 Å². The first-order valence-electron chi connectivity index (χ1n) is 7.96. The van der Waals surface area contributed by atoms with Crippen molar-refractivity contribution in [1.82, 2.24) is 29.0 Å². The van der Waals surface area contributed by atoms with E-state index in [1.54, 1.807) is 4.90 Å². The van der Waals surface area contributed by atoms with Crippen molar-refractivity contribution in [2.24, 2.45) is 0 Å². The van der Waals surface area contributed by atoms with Gasteiger partial charge in [-0.1, -0.05) is 11.8 Å². The highest BCUT2D eigenvalue weighted by Crippen LogP contribution is 2.30. The molecule has 0 bridgehead atoms.